The molecule has 1 atom stereocenters. The largest absolute Gasteiger partial charge is 0.508 e. The highest BCUT2D eigenvalue weighted by atomic mass is 16.5. The maximum absolute atomic E-state index is 9.29. The van der Waals surface area contributed by atoms with Gasteiger partial charge in [0.1, 0.15) is 5.75 Å². The lowest BCUT2D eigenvalue weighted by molar-refractivity contribution is -0.00624. The van der Waals surface area contributed by atoms with Gasteiger partial charge in [0.2, 0.25) is 0 Å². The first-order valence-corrected chi connectivity index (χ1v) is 6.24. The van der Waals surface area contributed by atoms with Gasteiger partial charge in [0.05, 0.1) is 6.61 Å². The lowest BCUT2D eigenvalue weighted by Gasteiger charge is -2.37. The summed E-state index contributed by atoms with van der Waals surface area (Å²) in [6, 6.07) is 7.51. The number of benzene rings is 1. The minimum absolute atomic E-state index is 0.212. The zero-order valence-corrected chi connectivity index (χ0v) is 10.4. The highest BCUT2D eigenvalue weighted by molar-refractivity contribution is 5.26. The maximum atomic E-state index is 9.29. The Hall–Kier alpha value is -1.06. The van der Waals surface area contributed by atoms with Crippen molar-refractivity contribution in [1.82, 2.24) is 5.32 Å². The third-order valence-corrected chi connectivity index (χ3v) is 3.47. The summed E-state index contributed by atoms with van der Waals surface area (Å²) in [5.74, 6) is 0.330. The van der Waals surface area contributed by atoms with Crippen LogP contribution in [0, 0.1) is 5.41 Å². The lowest BCUT2D eigenvalue weighted by Crippen LogP contribution is -2.41. The van der Waals surface area contributed by atoms with Crippen molar-refractivity contribution in [3.05, 3.63) is 29.8 Å². The number of hydrogen-bond acceptors (Lipinski definition) is 3. The van der Waals surface area contributed by atoms with Gasteiger partial charge in [0.25, 0.3) is 0 Å². The molecule has 17 heavy (non-hydrogen) atoms. The lowest BCUT2D eigenvalue weighted by atomic mass is 9.77. The molecule has 1 aliphatic rings. The third-order valence-electron chi connectivity index (χ3n) is 3.47. The summed E-state index contributed by atoms with van der Waals surface area (Å²) >= 11 is 0. The Balaban J connectivity index is 2.08. The number of hydrogen-bond donors (Lipinski definition) is 2. The van der Waals surface area contributed by atoms with E-state index in [2.05, 4.69) is 5.32 Å². The highest BCUT2D eigenvalue weighted by Gasteiger charge is 2.32. The Kier molecular flexibility index (Phi) is 4.02. The number of rotatable bonds is 4. The van der Waals surface area contributed by atoms with Crippen LogP contribution in [-0.4, -0.2) is 31.9 Å². The van der Waals surface area contributed by atoms with Gasteiger partial charge >= 0.3 is 0 Å². The number of aromatic hydroxyl groups is 1. The fourth-order valence-corrected chi connectivity index (χ4v) is 2.67. The van der Waals surface area contributed by atoms with Crippen LogP contribution in [0.5, 0.6) is 5.75 Å². The first kappa shape index (κ1) is 12.4. The van der Waals surface area contributed by atoms with Gasteiger partial charge in [-0.1, -0.05) is 12.1 Å². The van der Waals surface area contributed by atoms with E-state index in [-0.39, 0.29) is 5.41 Å². The van der Waals surface area contributed by atoms with E-state index in [1.807, 2.05) is 19.2 Å². The van der Waals surface area contributed by atoms with Gasteiger partial charge in [-0.05, 0) is 44.0 Å². The molecule has 3 heteroatoms. The Labute approximate surface area is 103 Å². The van der Waals surface area contributed by atoms with Gasteiger partial charge in [-0.25, -0.2) is 0 Å². The van der Waals surface area contributed by atoms with Gasteiger partial charge in [-0.3, -0.25) is 0 Å². The van der Waals surface area contributed by atoms with Crippen molar-refractivity contribution in [2.75, 3.05) is 26.8 Å². The smallest absolute Gasteiger partial charge is 0.115 e. The van der Waals surface area contributed by atoms with E-state index >= 15 is 0 Å². The van der Waals surface area contributed by atoms with E-state index in [0.29, 0.717) is 5.75 Å². The first-order valence-electron chi connectivity index (χ1n) is 6.24. The average Bonchev–Trinajstić information content (AvgIpc) is 2.34. The summed E-state index contributed by atoms with van der Waals surface area (Å²) in [6.07, 6.45) is 3.35. The average molecular weight is 235 g/mol. The Morgan fingerprint density at radius 2 is 2.12 bits per heavy atom. The SMILES string of the molecule is CNCC1(Cc2ccc(O)cc2)CCCOC1. The van der Waals surface area contributed by atoms with Crippen LogP contribution < -0.4 is 5.32 Å². The Morgan fingerprint density at radius 3 is 2.71 bits per heavy atom. The molecular formula is C14H21NO2. The van der Waals surface area contributed by atoms with Gasteiger partial charge in [0, 0.05) is 18.6 Å². The predicted octanol–water partition coefficient (Wildman–Crippen LogP) is 1.95. The molecule has 1 heterocycles. The molecule has 94 valence electrons. The molecule has 1 saturated heterocycles. The van der Waals surface area contributed by atoms with Crippen molar-refractivity contribution in [3.8, 4) is 5.75 Å². The topological polar surface area (TPSA) is 41.5 Å². The summed E-state index contributed by atoms with van der Waals surface area (Å²) in [5.41, 5.74) is 1.48. The number of phenols is 1. The van der Waals surface area contributed by atoms with E-state index in [0.717, 1.165) is 32.6 Å². The van der Waals surface area contributed by atoms with Crippen LogP contribution in [0.25, 0.3) is 0 Å². The van der Waals surface area contributed by atoms with Crippen molar-refractivity contribution < 1.29 is 9.84 Å². The normalized spacial score (nSPS) is 24.8. The van der Waals surface area contributed by atoms with Crippen LogP contribution in [0.1, 0.15) is 18.4 Å². The molecule has 3 nitrogen and oxygen atoms in total. The van der Waals surface area contributed by atoms with Crippen molar-refractivity contribution >= 4 is 0 Å². The molecule has 1 fully saturated rings. The second-order valence-electron chi connectivity index (χ2n) is 5.03. The van der Waals surface area contributed by atoms with Gasteiger partial charge in [0.15, 0.2) is 0 Å². The molecule has 1 aromatic carbocycles. The molecule has 1 aromatic rings. The van der Waals surface area contributed by atoms with Crippen LogP contribution in [0.2, 0.25) is 0 Å². The molecule has 0 aliphatic carbocycles. The van der Waals surface area contributed by atoms with Crippen molar-refractivity contribution in [2.45, 2.75) is 19.3 Å². The number of phenolic OH excluding ortho intramolecular Hbond substituents is 1. The van der Waals surface area contributed by atoms with Crippen LogP contribution in [-0.2, 0) is 11.2 Å². The minimum atomic E-state index is 0.212. The highest BCUT2D eigenvalue weighted by Crippen LogP contribution is 2.32. The van der Waals surface area contributed by atoms with Crippen molar-refractivity contribution in [1.29, 1.82) is 0 Å². The first-order chi connectivity index (χ1) is 8.24. The van der Waals surface area contributed by atoms with Crippen LogP contribution in [0.15, 0.2) is 24.3 Å². The Morgan fingerprint density at radius 1 is 1.35 bits per heavy atom. The zero-order chi connectivity index (χ0) is 12.1. The molecule has 0 saturated carbocycles. The second kappa shape index (κ2) is 5.52. The van der Waals surface area contributed by atoms with Gasteiger partial charge in [-0.2, -0.15) is 0 Å². The summed E-state index contributed by atoms with van der Waals surface area (Å²) in [5, 5.41) is 12.6. The van der Waals surface area contributed by atoms with E-state index < -0.39 is 0 Å². The van der Waals surface area contributed by atoms with E-state index in [9.17, 15) is 5.11 Å². The van der Waals surface area contributed by atoms with Crippen LogP contribution in [0.4, 0.5) is 0 Å². The van der Waals surface area contributed by atoms with E-state index in [1.165, 1.54) is 12.0 Å². The molecule has 0 amide bonds. The monoisotopic (exact) mass is 235 g/mol. The van der Waals surface area contributed by atoms with Gasteiger partial charge < -0.3 is 15.2 Å². The second-order valence-corrected chi connectivity index (χ2v) is 5.03. The third kappa shape index (κ3) is 3.20. The minimum Gasteiger partial charge on any atom is -0.508 e. The molecule has 2 rings (SSSR count). The Bertz CT molecular complexity index is 336. The number of ether oxygens (including phenoxy) is 1. The fraction of sp³-hybridized carbons (Fsp3) is 0.571. The fourth-order valence-electron chi connectivity index (χ4n) is 2.67. The summed E-state index contributed by atoms with van der Waals surface area (Å²) in [6.45, 7) is 2.70. The number of nitrogens with one attached hydrogen (secondary N) is 1. The summed E-state index contributed by atoms with van der Waals surface area (Å²) in [7, 11) is 1.99. The summed E-state index contributed by atoms with van der Waals surface area (Å²) in [4.78, 5) is 0. The van der Waals surface area contributed by atoms with Crippen molar-refractivity contribution in [2.24, 2.45) is 5.41 Å². The quantitative estimate of drug-likeness (QED) is 0.838. The molecule has 0 spiro atoms. The predicted molar refractivity (Wildman–Crippen MR) is 68.2 cm³/mol. The molecule has 0 aromatic heterocycles. The molecule has 0 radical (unpaired) electrons. The van der Waals surface area contributed by atoms with Crippen LogP contribution >= 0.6 is 0 Å². The van der Waals surface area contributed by atoms with E-state index in [4.69, 9.17) is 4.74 Å². The standard InChI is InChI=1S/C14H21NO2/c1-15-10-14(7-2-8-17-11-14)9-12-3-5-13(16)6-4-12/h3-6,15-16H,2,7-11H2,1H3. The molecule has 0 bridgehead atoms. The van der Waals surface area contributed by atoms with Gasteiger partial charge in [-0.15, -0.1) is 0 Å². The maximum Gasteiger partial charge on any atom is 0.115 e. The molecule has 1 aliphatic heterocycles. The molecule has 2 N–H and O–H groups in total. The van der Waals surface area contributed by atoms with Crippen LogP contribution in [0.3, 0.4) is 0 Å². The van der Waals surface area contributed by atoms with E-state index in [1.54, 1.807) is 12.1 Å². The molecular weight excluding hydrogens is 214 g/mol. The zero-order valence-electron chi connectivity index (χ0n) is 10.4. The van der Waals surface area contributed by atoms with Crippen molar-refractivity contribution in [3.63, 3.8) is 0 Å². The molecule has 1 unspecified atom stereocenters. The summed E-state index contributed by atoms with van der Waals surface area (Å²) < 4.78 is 5.64.